The highest BCUT2D eigenvalue weighted by Gasteiger charge is 2.16. The van der Waals surface area contributed by atoms with Gasteiger partial charge in [0.2, 0.25) is 0 Å². The Labute approximate surface area is 101 Å². The first kappa shape index (κ1) is 13.2. The molecule has 4 nitrogen and oxygen atoms in total. The average molecular weight is 235 g/mol. The van der Waals surface area contributed by atoms with Gasteiger partial charge in [0.25, 0.3) is 0 Å². The van der Waals surface area contributed by atoms with Crippen LogP contribution in [0.15, 0.2) is 29.3 Å². The average Bonchev–Trinajstić information content (AvgIpc) is 2.25. The Hall–Kier alpha value is -1.84. The Morgan fingerprint density at radius 1 is 1.35 bits per heavy atom. The molecule has 0 aliphatic carbocycles. The van der Waals surface area contributed by atoms with E-state index in [9.17, 15) is 4.79 Å². The minimum atomic E-state index is -0.909. The van der Waals surface area contributed by atoms with Crippen LogP contribution in [0.1, 0.15) is 25.8 Å². The number of carboxylic acids is 1. The van der Waals surface area contributed by atoms with Gasteiger partial charge in [-0.3, -0.25) is 4.99 Å². The number of phenols is 1. The molecule has 0 radical (unpaired) electrons. The summed E-state index contributed by atoms with van der Waals surface area (Å²) >= 11 is 0. The summed E-state index contributed by atoms with van der Waals surface area (Å²) < 4.78 is 0. The van der Waals surface area contributed by atoms with Gasteiger partial charge in [-0.1, -0.05) is 13.8 Å². The van der Waals surface area contributed by atoms with Crippen molar-refractivity contribution in [1.82, 2.24) is 0 Å². The second-order valence-corrected chi connectivity index (χ2v) is 4.35. The molecule has 0 spiro atoms. The van der Waals surface area contributed by atoms with E-state index in [-0.39, 0.29) is 11.7 Å². The van der Waals surface area contributed by atoms with E-state index in [0.717, 1.165) is 5.56 Å². The van der Waals surface area contributed by atoms with Gasteiger partial charge in [-0.15, -0.1) is 0 Å². The third-order valence-electron chi connectivity index (χ3n) is 2.28. The lowest BCUT2D eigenvalue weighted by molar-refractivity contribution is -0.138. The molecule has 0 bridgehead atoms. The highest BCUT2D eigenvalue weighted by Crippen LogP contribution is 2.10. The number of nitrogens with zero attached hydrogens (tertiary/aromatic N) is 1. The molecule has 17 heavy (non-hydrogen) atoms. The van der Waals surface area contributed by atoms with Crippen LogP contribution < -0.4 is 0 Å². The van der Waals surface area contributed by atoms with Crippen LogP contribution in [0, 0.1) is 5.92 Å². The molecule has 4 heteroatoms. The number of aliphatic imine (C=N–C) groups is 1. The Balaban J connectivity index is 2.72. The molecular weight excluding hydrogens is 218 g/mol. The van der Waals surface area contributed by atoms with E-state index >= 15 is 0 Å². The lowest BCUT2D eigenvalue weighted by atomic mass is 10.0. The molecular formula is C13H17NO3. The van der Waals surface area contributed by atoms with Gasteiger partial charge in [0.1, 0.15) is 11.8 Å². The van der Waals surface area contributed by atoms with Crippen molar-refractivity contribution in [3.05, 3.63) is 29.8 Å². The van der Waals surface area contributed by atoms with Gasteiger partial charge in [0.15, 0.2) is 0 Å². The van der Waals surface area contributed by atoms with Crippen molar-refractivity contribution >= 4 is 12.2 Å². The van der Waals surface area contributed by atoms with Crippen molar-refractivity contribution < 1.29 is 15.0 Å². The highest BCUT2D eigenvalue weighted by atomic mass is 16.4. The van der Waals surface area contributed by atoms with E-state index < -0.39 is 12.0 Å². The Morgan fingerprint density at radius 2 is 1.94 bits per heavy atom. The summed E-state index contributed by atoms with van der Waals surface area (Å²) in [4.78, 5) is 15.0. The van der Waals surface area contributed by atoms with Gasteiger partial charge >= 0.3 is 5.97 Å². The maximum atomic E-state index is 11.0. The highest BCUT2D eigenvalue weighted by molar-refractivity contribution is 5.83. The van der Waals surface area contributed by atoms with Gasteiger partial charge in [-0.2, -0.15) is 0 Å². The van der Waals surface area contributed by atoms with Crippen LogP contribution in [0.25, 0.3) is 0 Å². The summed E-state index contributed by atoms with van der Waals surface area (Å²) in [5.74, 6) is -0.444. The summed E-state index contributed by atoms with van der Waals surface area (Å²) in [7, 11) is 0. The van der Waals surface area contributed by atoms with Crippen molar-refractivity contribution in [1.29, 1.82) is 0 Å². The van der Waals surface area contributed by atoms with Gasteiger partial charge < -0.3 is 10.2 Å². The molecule has 0 fully saturated rings. The number of hydrogen-bond acceptors (Lipinski definition) is 3. The molecule has 0 unspecified atom stereocenters. The topological polar surface area (TPSA) is 69.9 Å². The predicted octanol–water partition coefficient (Wildman–Crippen LogP) is 2.31. The zero-order chi connectivity index (χ0) is 12.8. The largest absolute Gasteiger partial charge is 0.508 e. The normalized spacial score (nSPS) is 13.1. The lowest BCUT2D eigenvalue weighted by Gasteiger charge is -2.09. The standard InChI is InChI=1S/C13H17NO3/c1-9(2)7-12(13(16)17)14-8-10-3-5-11(15)6-4-10/h3-6,8-9,12,15H,7H2,1-2H3,(H,16,17)/t12-/m1/s1. The molecule has 0 aromatic heterocycles. The first-order valence-electron chi connectivity index (χ1n) is 5.54. The number of benzene rings is 1. The second-order valence-electron chi connectivity index (χ2n) is 4.35. The Bertz CT molecular complexity index is 396. The maximum Gasteiger partial charge on any atom is 0.328 e. The van der Waals surface area contributed by atoms with Gasteiger partial charge in [0.05, 0.1) is 0 Å². The molecule has 0 saturated carbocycles. The summed E-state index contributed by atoms with van der Waals surface area (Å²) in [5.41, 5.74) is 0.776. The fourth-order valence-electron chi connectivity index (χ4n) is 1.41. The zero-order valence-corrected chi connectivity index (χ0v) is 10.00. The quantitative estimate of drug-likeness (QED) is 0.769. The molecule has 0 saturated heterocycles. The third-order valence-corrected chi connectivity index (χ3v) is 2.28. The summed E-state index contributed by atoms with van der Waals surface area (Å²) in [5, 5.41) is 18.1. The summed E-state index contributed by atoms with van der Waals surface area (Å²) in [6.07, 6.45) is 2.05. The van der Waals surface area contributed by atoms with Crippen LogP contribution in [-0.4, -0.2) is 28.4 Å². The van der Waals surface area contributed by atoms with E-state index in [0.29, 0.717) is 6.42 Å². The van der Waals surface area contributed by atoms with Crippen molar-refractivity contribution in [3.63, 3.8) is 0 Å². The minimum absolute atomic E-state index is 0.180. The third kappa shape index (κ3) is 4.68. The molecule has 92 valence electrons. The molecule has 0 heterocycles. The van der Waals surface area contributed by atoms with Crippen molar-refractivity contribution in [2.45, 2.75) is 26.3 Å². The molecule has 2 N–H and O–H groups in total. The van der Waals surface area contributed by atoms with Crippen molar-refractivity contribution in [2.75, 3.05) is 0 Å². The van der Waals surface area contributed by atoms with Gasteiger partial charge in [-0.25, -0.2) is 4.79 Å². The van der Waals surface area contributed by atoms with Gasteiger partial charge in [-0.05, 0) is 42.2 Å². The maximum absolute atomic E-state index is 11.0. The summed E-state index contributed by atoms with van der Waals surface area (Å²) in [6.45, 7) is 3.93. The minimum Gasteiger partial charge on any atom is -0.508 e. The fourth-order valence-corrected chi connectivity index (χ4v) is 1.41. The molecule has 0 aliphatic heterocycles. The second kappa shape index (κ2) is 6.03. The van der Waals surface area contributed by atoms with Crippen LogP contribution in [-0.2, 0) is 4.79 Å². The van der Waals surface area contributed by atoms with Crippen LogP contribution in [0.5, 0.6) is 5.75 Å². The smallest absolute Gasteiger partial charge is 0.328 e. The number of hydrogen-bond donors (Lipinski definition) is 2. The number of carboxylic acid groups (broad SMARTS) is 1. The molecule has 0 amide bonds. The monoisotopic (exact) mass is 235 g/mol. The molecule has 1 aromatic rings. The number of carbonyl (C=O) groups is 1. The van der Waals surface area contributed by atoms with Crippen LogP contribution in [0.3, 0.4) is 0 Å². The first-order chi connectivity index (χ1) is 7.99. The van der Waals surface area contributed by atoms with Gasteiger partial charge in [0, 0.05) is 6.21 Å². The lowest BCUT2D eigenvalue weighted by Crippen LogP contribution is -2.20. The summed E-state index contributed by atoms with van der Waals surface area (Å²) in [6, 6.07) is 5.75. The number of aromatic hydroxyl groups is 1. The zero-order valence-electron chi connectivity index (χ0n) is 10.00. The van der Waals surface area contributed by atoms with Crippen LogP contribution in [0.2, 0.25) is 0 Å². The van der Waals surface area contributed by atoms with E-state index in [4.69, 9.17) is 10.2 Å². The number of aliphatic carboxylic acids is 1. The molecule has 1 rings (SSSR count). The van der Waals surface area contributed by atoms with Crippen LogP contribution in [0.4, 0.5) is 0 Å². The van der Waals surface area contributed by atoms with E-state index in [2.05, 4.69) is 4.99 Å². The van der Waals surface area contributed by atoms with E-state index in [1.165, 1.54) is 6.21 Å². The Kier molecular flexibility index (Phi) is 4.69. The molecule has 1 atom stereocenters. The van der Waals surface area contributed by atoms with Crippen molar-refractivity contribution in [2.24, 2.45) is 10.9 Å². The fraction of sp³-hybridized carbons (Fsp3) is 0.385. The van der Waals surface area contributed by atoms with Crippen LogP contribution >= 0.6 is 0 Å². The van der Waals surface area contributed by atoms with Crippen molar-refractivity contribution in [3.8, 4) is 5.75 Å². The number of rotatable bonds is 5. The SMILES string of the molecule is CC(C)C[C@@H](N=Cc1ccc(O)cc1)C(=O)O. The predicted molar refractivity (Wildman–Crippen MR) is 66.6 cm³/mol. The van der Waals surface area contributed by atoms with E-state index in [1.807, 2.05) is 13.8 Å². The van der Waals surface area contributed by atoms with E-state index in [1.54, 1.807) is 24.3 Å². The molecule has 0 aliphatic rings. The first-order valence-corrected chi connectivity index (χ1v) is 5.54. The Morgan fingerprint density at radius 3 is 2.41 bits per heavy atom. The molecule has 1 aromatic carbocycles. The number of phenolic OH excluding ortho intramolecular Hbond substituents is 1.